The Bertz CT molecular complexity index is 548. The van der Waals surface area contributed by atoms with Crippen LogP contribution in [0.3, 0.4) is 0 Å². The molecular formula is C18H22O3. The maximum absolute atomic E-state index is 12.1. The van der Waals surface area contributed by atoms with Gasteiger partial charge in [-0.2, -0.15) is 0 Å². The third kappa shape index (κ3) is 6.21. The van der Waals surface area contributed by atoms with Crippen LogP contribution in [-0.2, 0) is 9.53 Å². The van der Waals surface area contributed by atoms with E-state index in [1.807, 2.05) is 39.0 Å². The van der Waals surface area contributed by atoms with Gasteiger partial charge in [0.05, 0.1) is 0 Å². The first-order valence-corrected chi connectivity index (χ1v) is 6.97. The van der Waals surface area contributed by atoms with Gasteiger partial charge in [0.25, 0.3) is 0 Å². The fraction of sp³-hybridized carbons (Fsp3) is 0.333. The van der Waals surface area contributed by atoms with Crippen molar-refractivity contribution in [3.05, 3.63) is 54.1 Å². The van der Waals surface area contributed by atoms with Crippen molar-refractivity contribution in [2.24, 2.45) is 0 Å². The number of Topliss-reactive ketones (excluding diaryl/α,β-unsaturated/α-hetero) is 1. The van der Waals surface area contributed by atoms with E-state index in [0.29, 0.717) is 18.4 Å². The lowest BCUT2D eigenvalue weighted by atomic mass is 10.0. The molecule has 3 heteroatoms. The van der Waals surface area contributed by atoms with Gasteiger partial charge in [0.15, 0.2) is 5.78 Å². The largest absolute Gasteiger partial charge is 0.457 e. The van der Waals surface area contributed by atoms with Gasteiger partial charge < -0.3 is 4.74 Å². The summed E-state index contributed by atoms with van der Waals surface area (Å²) >= 11 is 0. The van der Waals surface area contributed by atoms with Gasteiger partial charge in [-0.1, -0.05) is 30.3 Å². The zero-order valence-electron chi connectivity index (χ0n) is 12.9. The molecule has 21 heavy (non-hydrogen) atoms. The minimum Gasteiger partial charge on any atom is -0.457 e. The molecule has 1 aromatic rings. The summed E-state index contributed by atoms with van der Waals surface area (Å²) in [6, 6.07) is 7.22. The molecule has 0 spiro atoms. The Hall–Kier alpha value is -2.16. The second kappa shape index (κ2) is 7.58. The first-order chi connectivity index (χ1) is 9.83. The third-order valence-electron chi connectivity index (χ3n) is 2.64. The summed E-state index contributed by atoms with van der Waals surface area (Å²) in [5, 5.41) is 0. The van der Waals surface area contributed by atoms with Crippen LogP contribution >= 0.6 is 0 Å². The molecule has 1 rings (SSSR count). The third-order valence-corrected chi connectivity index (χ3v) is 2.64. The summed E-state index contributed by atoms with van der Waals surface area (Å²) in [6.07, 6.45) is 5.75. The average Bonchev–Trinajstić information content (AvgIpc) is 2.41. The normalized spacial score (nSPS) is 11.4. The van der Waals surface area contributed by atoms with Crippen molar-refractivity contribution >= 4 is 17.8 Å². The molecule has 0 unspecified atom stereocenters. The van der Waals surface area contributed by atoms with Gasteiger partial charge in [-0.05, 0) is 38.8 Å². The monoisotopic (exact) mass is 286 g/mol. The number of carbonyl (C=O) groups excluding carboxylic acids is 2. The van der Waals surface area contributed by atoms with E-state index in [9.17, 15) is 9.59 Å². The Morgan fingerprint density at radius 1 is 1.24 bits per heavy atom. The van der Waals surface area contributed by atoms with Crippen LogP contribution in [0, 0.1) is 0 Å². The smallest absolute Gasteiger partial charge is 0.331 e. The van der Waals surface area contributed by atoms with Crippen molar-refractivity contribution in [2.45, 2.75) is 39.2 Å². The molecule has 0 saturated carbocycles. The summed E-state index contributed by atoms with van der Waals surface area (Å²) in [5.74, 6) is -0.379. The van der Waals surface area contributed by atoms with Crippen LogP contribution in [0.4, 0.5) is 0 Å². The molecule has 0 heterocycles. The Morgan fingerprint density at radius 2 is 1.90 bits per heavy atom. The van der Waals surface area contributed by atoms with Crippen molar-refractivity contribution in [3.8, 4) is 0 Å². The maximum atomic E-state index is 12.1. The van der Waals surface area contributed by atoms with Crippen LogP contribution in [0.1, 0.15) is 49.5 Å². The van der Waals surface area contributed by atoms with E-state index in [1.54, 1.807) is 18.2 Å². The maximum Gasteiger partial charge on any atom is 0.331 e. The highest BCUT2D eigenvalue weighted by Gasteiger charge is 2.14. The van der Waals surface area contributed by atoms with Crippen molar-refractivity contribution < 1.29 is 14.3 Å². The van der Waals surface area contributed by atoms with Gasteiger partial charge in [0.2, 0.25) is 0 Å². The quantitative estimate of drug-likeness (QED) is 0.341. The van der Waals surface area contributed by atoms with Crippen molar-refractivity contribution in [3.63, 3.8) is 0 Å². The Labute approximate surface area is 126 Å². The topological polar surface area (TPSA) is 43.4 Å². The fourth-order valence-electron chi connectivity index (χ4n) is 1.76. The lowest BCUT2D eigenvalue weighted by molar-refractivity contribution is -0.148. The molecule has 0 atom stereocenters. The lowest BCUT2D eigenvalue weighted by Crippen LogP contribution is -2.22. The van der Waals surface area contributed by atoms with E-state index in [1.165, 1.54) is 6.08 Å². The van der Waals surface area contributed by atoms with E-state index in [-0.39, 0.29) is 5.78 Å². The van der Waals surface area contributed by atoms with E-state index < -0.39 is 11.6 Å². The van der Waals surface area contributed by atoms with E-state index >= 15 is 0 Å². The second-order valence-corrected chi connectivity index (χ2v) is 5.70. The molecule has 0 aliphatic rings. The number of carbonyl (C=O) groups is 2. The Morgan fingerprint density at radius 3 is 2.52 bits per heavy atom. The summed E-state index contributed by atoms with van der Waals surface area (Å²) in [6.45, 7) is 9.05. The Balaban J connectivity index is 2.86. The van der Waals surface area contributed by atoms with Gasteiger partial charge >= 0.3 is 5.97 Å². The van der Waals surface area contributed by atoms with Crippen LogP contribution in [-0.4, -0.2) is 17.4 Å². The standard InChI is InChI=1S/C18H22O3/c1-5-6-11-16(19)15-10-8-7-9-14(15)12-13-17(20)21-18(2,3)4/h5,7-10,12-13H,1,6,11H2,2-4H3/b13-12+. The number of ether oxygens (including phenoxy) is 1. The molecule has 0 radical (unpaired) electrons. The van der Waals surface area contributed by atoms with Gasteiger partial charge in [0, 0.05) is 18.1 Å². The summed E-state index contributed by atoms with van der Waals surface area (Å²) < 4.78 is 5.20. The minimum absolute atomic E-state index is 0.0411. The number of benzene rings is 1. The second-order valence-electron chi connectivity index (χ2n) is 5.70. The predicted molar refractivity (Wildman–Crippen MR) is 85.1 cm³/mol. The summed E-state index contributed by atoms with van der Waals surface area (Å²) in [5.41, 5.74) is 0.803. The van der Waals surface area contributed by atoms with Crippen LogP contribution in [0.25, 0.3) is 6.08 Å². The number of allylic oxidation sites excluding steroid dienone is 1. The van der Waals surface area contributed by atoms with Gasteiger partial charge in [-0.25, -0.2) is 4.79 Å². The molecule has 112 valence electrons. The van der Waals surface area contributed by atoms with E-state index in [2.05, 4.69) is 6.58 Å². The van der Waals surface area contributed by atoms with Crippen molar-refractivity contribution in [1.82, 2.24) is 0 Å². The van der Waals surface area contributed by atoms with E-state index in [4.69, 9.17) is 4.74 Å². The van der Waals surface area contributed by atoms with Gasteiger partial charge in [-0.15, -0.1) is 6.58 Å². The first-order valence-electron chi connectivity index (χ1n) is 6.97. The molecular weight excluding hydrogens is 264 g/mol. The lowest BCUT2D eigenvalue weighted by Gasteiger charge is -2.17. The number of hydrogen-bond acceptors (Lipinski definition) is 3. The number of rotatable bonds is 6. The molecule has 0 aliphatic carbocycles. The van der Waals surface area contributed by atoms with Crippen LogP contribution in [0.5, 0.6) is 0 Å². The van der Waals surface area contributed by atoms with Crippen molar-refractivity contribution in [2.75, 3.05) is 0 Å². The van der Waals surface area contributed by atoms with Gasteiger partial charge in [-0.3, -0.25) is 4.79 Å². The molecule has 0 N–H and O–H groups in total. The first kappa shape index (κ1) is 16.9. The molecule has 0 bridgehead atoms. The number of esters is 1. The summed E-state index contributed by atoms with van der Waals surface area (Å²) in [4.78, 5) is 23.8. The molecule has 0 aromatic heterocycles. The SMILES string of the molecule is C=CCCC(=O)c1ccccc1/C=C/C(=O)OC(C)(C)C. The molecule has 3 nitrogen and oxygen atoms in total. The van der Waals surface area contributed by atoms with Crippen molar-refractivity contribution in [1.29, 1.82) is 0 Å². The summed E-state index contributed by atoms with van der Waals surface area (Å²) in [7, 11) is 0. The highest BCUT2D eigenvalue weighted by Crippen LogP contribution is 2.15. The average molecular weight is 286 g/mol. The van der Waals surface area contributed by atoms with Crippen LogP contribution < -0.4 is 0 Å². The van der Waals surface area contributed by atoms with Crippen LogP contribution in [0.2, 0.25) is 0 Å². The molecule has 1 aromatic carbocycles. The Kier molecular flexibility index (Phi) is 6.10. The minimum atomic E-state index is -0.527. The fourth-order valence-corrected chi connectivity index (χ4v) is 1.76. The van der Waals surface area contributed by atoms with Gasteiger partial charge in [0.1, 0.15) is 5.60 Å². The zero-order valence-corrected chi connectivity index (χ0v) is 12.9. The molecule has 0 fully saturated rings. The predicted octanol–water partition coefficient (Wildman–Crippen LogP) is 4.19. The number of ketones is 1. The molecule has 0 amide bonds. The van der Waals surface area contributed by atoms with Crippen LogP contribution in [0.15, 0.2) is 43.0 Å². The highest BCUT2D eigenvalue weighted by atomic mass is 16.6. The number of hydrogen-bond donors (Lipinski definition) is 0. The highest BCUT2D eigenvalue weighted by molar-refractivity contribution is 6.00. The zero-order chi connectivity index (χ0) is 15.9. The van der Waals surface area contributed by atoms with E-state index in [0.717, 1.165) is 5.56 Å². The molecule has 0 aliphatic heterocycles. The molecule has 0 saturated heterocycles.